The van der Waals surface area contributed by atoms with E-state index in [0.29, 0.717) is 11.6 Å². The lowest BCUT2D eigenvalue weighted by molar-refractivity contribution is 1.08. The van der Waals surface area contributed by atoms with E-state index in [2.05, 4.69) is 139 Å². The predicted molar refractivity (Wildman–Crippen MR) is 196 cm³/mol. The van der Waals surface area contributed by atoms with Crippen LogP contribution in [0.15, 0.2) is 164 Å². The lowest BCUT2D eigenvalue weighted by Gasteiger charge is -2.14. The second-order valence-electron chi connectivity index (χ2n) is 12.1. The minimum absolute atomic E-state index is 0.713. The molecule has 0 N–H and O–H groups in total. The summed E-state index contributed by atoms with van der Waals surface area (Å²) < 4.78 is 6.87. The zero-order valence-corrected chi connectivity index (χ0v) is 26.2. The summed E-state index contributed by atoms with van der Waals surface area (Å²) in [5, 5.41) is 14.2. The van der Waals surface area contributed by atoms with Gasteiger partial charge in [-0.15, -0.1) is 10.2 Å². The molecule has 0 aliphatic rings. The summed E-state index contributed by atoms with van der Waals surface area (Å²) in [6.45, 7) is 0. The average Bonchev–Trinajstić information content (AvgIpc) is 3.86. The first kappa shape index (κ1) is 27.3. The second kappa shape index (κ2) is 10.9. The highest BCUT2D eigenvalue weighted by molar-refractivity contribution is 6.14. The van der Waals surface area contributed by atoms with Crippen LogP contribution in [0.1, 0.15) is 0 Å². The van der Waals surface area contributed by atoms with Gasteiger partial charge in [-0.3, -0.25) is 14.5 Å². The highest BCUT2D eigenvalue weighted by Crippen LogP contribution is 2.39. The van der Waals surface area contributed by atoms with Gasteiger partial charge in [-0.05, 0) is 72.8 Å². The Morgan fingerprint density at radius 2 is 0.878 bits per heavy atom. The first-order valence-electron chi connectivity index (χ1n) is 16.2. The Morgan fingerprint density at radius 1 is 0.388 bits per heavy atom. The number of benzene rings is 5. The normalized spacial score (nSPS) is 11.7. The van der Waals surface area contributed by atoms with Crippen molar-refractivity contribution >= 4 is 43.6 Å². The molecule has 0 radical (unpaired) electrons. The Kier molecular flexibility index (Phi) is 6.04. The van der Waals surface area contributed by atoms with Gasteiger partial charge in [0.15, 0.2) is 11.6 Å². The van der Waals surface area contributed by atoms with E-state index in [1.807, 2.05) is 36.7 Å². The van der Waals surface area contributed by atoms with Crippen LogP contribution in [-0.2, 0) is 0 Å². The van der Waals surface area contributed by atoms with Crippen molar-refractivity contribution in [2.24, 2.45) is 0 Å². The molecule has 0 unspecified atom stereocenters. The van der Waals surface area contributed by atoms with E-state index in [1.54, 1.807) is 12.4 Å². The first-order chi connectivity index (χ1) is 24.3. The Bertz CT molecular complexity index is 2720. The van der Waals surface area contributed by atoms with Crippen molar-refractivity contribution in [3.63, 3.8) is 0 Å². The molecule has 7 nitrogen and oxygen atoms in total. The van der Waals surface area contributed by atoms with Gasteiger partial charge in [0, 0.05) is 68.8 Å². The zero-order valence-electron chi connectivity index (χ0n) is 26.2. The lowest BCUT2D eigenvalue weighted by Crippen LogP contribution is -2.02. The molecule has 230 valence electrons. The summed E-state index contributed by atoms with van der Waals surface area (Å²) in [6.07, 6.45) is 7.20. The fraction of sp³-hybridized carbons (Fsp3) is 0. The van der Waals surface area contributed by atoms with Crippen molar-refractivity contribution in [3.8, 4) is 39.8 Å². The molecule has 0 saturated carbocycles. The van der Waals surface area contributed by atoms with Crippen molar-refractivity contribution in [3.05, 3.63) is 164 Å². The quantitative estimate of drug-likeness (QED) is 0.190. The molecule has 5 aromatic heterocycles. The zero-order chi connectivity index (χ0) is 32.3. The van der Waals surface area contributed by atoms with E-state index >= 15 is 0 Å². The number of hydrogen-bond donors (Lipinski definition) is 0. The minimum atomic E-state index is 0.713. The van der Waals surface area contributed by atoms with Crippen LogP contribution >= 0.6 is 0 Å². The molecule has 0 atom stereocenters. The number of fused-ring (bicyclic) bond motifs is 6. The molecule has 10 aromatic rings. The predicted octanol–water partition coefficient (Wildman–Crippen LogP) is 9.59. The van der Waals surface area contributed by atoms with E-state index in [0.717, 1.165) is 50.0 Å². The van der Waals surface area contributed by atoms with Crippen LogP contribution in [0.5, 0.6) is 0 Å². The molecule has 0 fully saturated rings. The maximum atomic E-state index is 4.72. The Balaban J connectivity index is 1.25. The van der Waals surface area contributed by atoms with Crippen LogP contribution < -0.4 is 0 Å². The molecule has 5 heterocycles. The van der Waals surface area contributed by atoms with Gasteiger partial charge in [0.05, 0.1) is 27.8 Å². The third-order valence-electron chi connectivity index (χ3n) is 9.35. The molecule has 0 bridgehead atoms. The SMILES string of the molecule is c1cncc(-c2nnc(-c3cccnc3)n2-c2cccc3c2c2ccccc2n3-c2cccc(-n3c4ccccc4c4ccccc43)c2)c1. The van der Waals surface area contributed by atoms with Crippen LogP contribution in [0.25, 0.3) is 83.4 Å². The van der Waals surface area contributed by atoms with Gasteiger partial charge < -0.3 is 9.13 Å². The Hall–Kier alpha value is -6.86. The fourth-order valence-electron chi connectivity index (χ4n) is 7.31. The van der Waals surface area contributed by atoms with Gasteiger partial charge in [0.1, 0.15) is 0 Å². The number of para-hydroxylation sites is 3. The van der Waals surface area contributed by atoms with Gasteiger partial charge in [-0.1, -0.05) is 66.7 Å². The third kappa shape index (κ3) is 4.16. The van der Waals surface area contributed by atoms with Gasteiger partial charge in [-0.2, -0.15) is 0 Å². The summed E-state index contributed by atoms with van der Waals surface area (Å²) in [6, 6.07) is 49.0. The molecule has 0 spiro atoms. The number of nitrogens with zero attached hydrogens (tertiary/aromatic N) is 7. The van der Waals surface area contributed by atoms with Gasteiger partial charge >= 0.3 is 0 Å². The number of hydrogen-bond acceptors (Lipinski definition) is 4. The van der Waals surface area contributed by atoms with Crippen molar-refractivity contribution in [1.82, 2.24) is 33.9 Å². The number of pyridine rings is 2. The Labute approximate surface area is 281 Å². The van der Waals surface area contributed by atoms with E-state index in [9.17, 15) is 0 Å². The third-order valence-corrected chi connectivity index (χ3v) is 9.35. The highest BCUT2D eigenvalue weighted by Gasteiger charge is 2.23. The molecule has 0 saturated heterocycles. The maximum absolute atomic E-state index is 4.72. The van der Waals surface area contributed by atoms with Gasteiger partial charge in [0.25, 0.3) is 0 Å². The number of rotatable bonds is 5. The lowest BCUT2D eigenvalue weighted by atomic mass is 10.1. The van der Waals surface area contributed by atoms with Gasteiger partial charge in [0.2, 0.25) is 0 Å². The van der Waals surface area contributed by atoms with E-state index in [1.165, 1.54) is 21.8 Å². The molecule has 0 aliphatic heterocycles. The van der Waals surface area contributed by atoms with Crippen LogP contribution in [0.4, 0.5) is 0 Å². The topological polar surface area (TPSA) is 66.3 Å². The molecular weight excluding hydrogens is 603 g/mol. The van der Waals surface area contributed by atoms with Crippen molar-refractivity contribution in [2.75, 3.05) is 0 Å². The standard InChI is InChI=1S/C42H27N7/c1-4-18-35-32(15-1)33-16-2-5-19-36(33)47(35)30-13-7-14-31(25-30)48-37-20-6-3-17-34(37)40-38(48)21-8-22-39(40)49-41(28-11-9-23-43-26-28)45-46-42(49)29-12-10-24-44-27-29/h1-27H. The van der Waals surface area contributed by atoms with E-state index in [4.69, 9.17) is 10.2 Å². The van der Waals surface area contributed by atoms with E-state index < -0.39 is 0 Å². The molecule has 49 heavy (non-hydrogen) atoms. The van der Waals surface area contributed by atoms with Gasteiger partial charge in [-0.25, -0.2) is 0 Å². The minimum Gasteiger partial charge on any atom is -0.309 e. The summed E-state index contributed by atoms with van der Waals surface area (Å²) in [5.74, 6) is 1.43. The monoisotopic (exact) mass is 629 g/mol. The van der Waals surface area contributed by atoms with Crippen molar-refractivity contribution in [1.29, 1.82) is 0 Å². The molecule has 7 heteroatoms. The second-order valence-corrected chi connectivity index (χ2v) is 12.1. The maximum Gasteiger partial charge on any atom is 0.170 e. The summed E-state index contributed by atoms with van der Waals surface area (Å²) in [4.78, 5) is 8.80. The summed E-state index contributed by atoms with van der Waals surface area (Å²) in [7, 11) is 0. The first-order valence-corrected chi connectivity index (χ1v) is 16.2. The number of aromatic nitrogens is 7. The Morgan fingerprint density at radius 3 is 1.45 bits per heavy atom. The highest BCUT2D eigenvalue weighted by atomic mass is 15.3. The molecule has 0 amide bonds. The van der Waals surface area contributed by atoms with Crippen LogP contribution in [0, 0.1) is 0 Å². The summed E-state index contributed by atoms with van der Waals surface area (Å²) in [5.41, 5.74) is 9.49. The fourth-order valence-corrected chi connectivity index (χ4v) is 7.31. The van der Waals surface area contributed by atoms with Crippen LogP contribution in [0.2, 0.25) is 0 Å². The smallest absolute Gasteiger partial charge is 0.170 e. The summed E-state index contributed by atoms with van der Waals surface area (Å²) >= 11 is 0. The average molecular weight is 630 g/mol. The van der Waals surface area contributed by atoms with Crippen LogP contribution in [-0.4, -0.2) is 33.9 Å². The van der Waals surface area contributed by atoms with E-state index in [-0.39, 0.29) is 0 Å². The molecule has 10 rings (SSSR count). The van der Waals surface area contributed by atoms with Crippen molar-refractivity contribution < 1.29 is 0 Å². The molecule has 5 aromatic carbocycles. The van der Waals surface area contributed by atoms with Crippen molar-refractivity contribution in [2.45, 2.75) is 0 Å². The molecular formula is C42H27N7. The molecule has 0 aliphatic carbocycles. The van der Waals surface area contributed by atoms with Crippen LogP contribution in [0.3, 0.4) is 0 Å². The largest absolute Gasteiger partial charge is 0.309 e.